The predicted octanol–water partition coefficient (Wildman–Crippen LogP) is 5.24. The first kappa shape index (κ1) is 27.9. The van der Waals surface area contributed by atoms with E-state index in [1.54, 1.807) is 24.3 Å². The number of carbonyl (C=O) groups excluding carboxylic acids is 1. The largest absolute Gasteiger partial charge is 0.378 e. The summed E-state index contributed by atoms with van der Waals surface area (Å²) in [6.07, 6.45) is 1.31. The van der Waals surface area contributed by atoms with Crippen LogP contribution in [-0.4, -0.2) is 47.4 Å². The SMILES string of the molecule is CC(C)(C)c1ccc(C(=O)Nc2cc(-c3c[nH]c(=O)c(Nc4ccc(N5CCOCC5)nn4)c3)c(F)cc2F)cc1. The van der Waals surface area contributed by atoms with Crippen LogP contribution in [0.1, 0.15) is 36.7 Å². The van der Waals surface area contributed by atoms with Crippen molar-refractivity contribution in [2.24, 2.45) is 0 Å². The number of ether oxygens (including phenoxy) is 1. The molecule has 0 radical (unpaired) electrons. The zero-order chi connectivity index (χ0) is 29.1. The molecule has 0 aliphatic carbocycles. The summed E-state index contributed by atoms with van der Waals surface area (Å²) >= 11 is 0. The van der Waals surface area contributed by atoms with Crippen molar-refractivity contribution in [3.8, 4) is 11.1 Å². The van der Waals surface area contributed by atoms with E-state index >= 15 is 0 Å². The molecule has 41 heavy (non-hydrogen) atoms. The van der Waals surface area contributed by atoms with Gasteiger partial charge in [-0.3, -0.25) is 9.59 Å². The molecule has 9 nitrogen and oxygen atoms in total. The molecule has 4 aromatic rings. The smallest absolute Gasteiger partial charge is 0.271 e. The molecule has 3 heterocycles. The molecular weight excluding hydrogens is 530 g/mol. The van der Waals surface area contributed by atoms with Gasteiger partial charge in [0.25, 0.3) is 11.5 Å². The molecule has 2 aromatic heterocycles. The van der Waals surface area contributed by atoms with Crippen LogP contribution in [0, 0.1) is 11.6 Å². The lowest BCUT2D eigenvalue weighted by molar-refractivity contribution is 0.102. The van der Waals surface area contributed by atoms with Crippen molar-refractivity contribution < 1.29 is 18.3 Å². The molecule has 1 fully saturated rings. The zero-order valence-electron chi connectivity index (χ0n) is 22.9. The van der Waals surface area contributed by atoms with E-state index in [2.05, 4.69) is 46.6 Å². The van der Waals surface area contributed by atoms with Gasteiger partial charge in [0.2, 0.25) is 0 Å². The van der Waals surface area contributed by atoms with Gasteiger partial charge in [0.1, 0.15) is 17.3 Å². The molecule has 212 valence electrons. The first-order valence-corrected chi connectivity index (χ1v) is 13.2. The molecule has 0 bridgehead atoms. The van der Waals surface area contributed by atoms with E-state index in [4.69, 9.17) is 4.74 Å². The van der Waals surface area contributed by atoms with Gasteiger partial charge >= 0.3 is 0 Å². The Hall–Kier alpha value is -4.64. The van der Waals surface area contributed by atoms with E-state index in [0.29, 0.717) is 49.6 Å². The van der Waals surface area contributed by atoms with Crippen LogP contribution < -0.4 is 21.1 Å². The number of H-pyrrole nitrogens is 1. The average Bonchev–Trinajstić information content (AvgIpc) is 2.96. The Morgan fingerprint density at radius 2 is 1.68 bits per heavy atom. The third-order valence-electron chi connectivity index (χ3n) is 6.78. The van der Waals surface area contributed by atoms with Gasteiger partial charge in [-0.2, -0.15) is 0 Å². The lowest BCUT2D eigenvalue weighted by atomic mass is 9.87. The van der Waals surface area contributed by atoms with Crippen molar-refractivity contribution >= 4 is 28.9 Å². The molecule has 1 saturated heterocycles. The molecule has 0 spiro atoms. The van der Waals surface area contributed by atoms with Crippen molar-refractivity contribution in [1.29, 1.82) is 0 Å². The Balaban J connectivity index is 1.36. The number of amides is 1. The quantitative estimate of drug-likeness (QED) is 0.296. The second-order valence-corrected chi connectivity index (χ2v) is 10.7. The Bertz CT molecular complexity index is 1610. The zero-order valence-corrected chi connectivity index (χ0v) is 22.9. The number of nitrogens with one attached hydrogen (secondary N) is 3. The van der Waals surface area contributed by atoms with Gasteiger partial charge in [-0.15, -0.1) is 10.2 Å². The second kappa shape index (κ2) is 11.5. The average molecular weight is 561 g/mol. The summed E-state index contributed by atoms with van der Waals surface area (Å²) in [6.45, 7) is 8.82. The van der Waals surface area contributed by atoms with Crippen molar-refractivity contribution in [2.75, 3.05) is 41.8 Å². The van der Waals surface area contributed by atoms with Crippen LogP contribution in [0.15, 0.2) is 65.6 Å². The third kappa shape index (κ3) is 6.41. The van der Waals surface area contributed by atoms with E-state index in [1.165, 1.54) is 18.3 Å². The number of nitrogens with zero attached hydrogens (tertiary/aromatic N) is 3. The van der Waals surface area contributed by atoms with Crippen LogP contribution in [0.5, 0.6) is 0 Å². The molecular formula is C30H30F2N6O3. The molecule has 3 N–H and O–H groups in total. The first-order chi connectivity index (χ1) is 19.6. The number of rotatable bonds is 6. The molecule has 0 unspecified atom stereocenters. The minimum absolute atomic E-state index is 0.0159. The number of aromatic amines is 1. The van der Waals surface area contributed by atoms with Crippen molar-refractivity contribution in [3.05, 3.63) is 93.9 Å². The Morgan fingerprint density at radius 3 is 2.34 bits per heavy atom. The summed E-state index contributed by atoms with van der Waals surface area (Å²) in [6, 6.07) is 13.8. The number of carbonyl (C=O) groups is 1. The summed E-state index contributed by atoms with van der Waals surface area (Å²) in [5.74, 6) is -1.32. The van der Waals surface area contributed by atoms with Crippen LogP contribution in [0.25, 0.3) is 11.1 Å². The number of anilines is 4. The Labute approximate surface area is 235 Å². The number of benzene rings is 2. The maximum Gasteiger partial charge on any atom is 0.271 e. The molecule has 11 heteroatoms. The van der Waals surface area contributed by atoms with Gasteiger partial charge in [0.05, 0.1) is 18.9 Å². The summed E-state index contributed by atoms with van der Waals surface area (Å²) in [7, 11) is 0. The van der Waals surface area contributed by atoms with Gasteiger partial charge < -0.3 is 25.3 Å². The topological polar surface area (TPSA) is 112 Å². The van der Waals surface area contributed by atoms with Crippen LogP contribution in [-0.2, 0) is 10.2 Å². The predicted molar refractivity (Wildman–Crippen MR) is 154 cm³/mol. The summed E-state index contributed by atoms with van der Waals surface area (Å²) in [4.78, 5) is 30.0. The number of morpholine rings is 1. The molecule has 0 atom stereocenters. The second-order valence-electron chi connectivity index (χ2n) is 10.7. The van der Waals surface area contributed by atoms with Crippen molar-refractivity contribution in [3.63, 3.8) is 0 Å². The number of pyridine rings is 1. The Kier molecular flexibility index (Phi) is 7.80. The fourth-order valence-electron chi connectivity index (χ4n) is 4.41. The highest BCUT2D eigenvalue weighted by molar-refractivity contribution is 6.04. The van der Waals surface area contributed by atoms with E-state index in [-0.39, 0.29) is 27.9 Å². The highest BCUT2D eigenvalue weighted by Gasteiger charge is 2.18. The fraction of sp³-hybridized carbons (Fsp3) is 0.267. The molecule has 1 aliphatic heterocycles. The number of aromatic nitrogens is 3. The molecule has 1 aliphatic rings. The van der Waals surface area contributed by atoms with Crippen LogP contribution in [0.2, 0.25) is 0 Å². The maximum atomic E-state index is 14.9. The minimum Gasteiger partial charge on any atom is -0.378 e. The van der Waals surface area contributed by atoms with Gasteiger partial charge in [-0.1, -0.05) is 32.9 Å². The highest BCUT2D eigenvalue weighted by Crippen LogP contribution is 2.30. The molecule has 2 aromatic carbocycles. The van der Waals surface area contributed by atoms with Gasteiger partial charge in [-0.05, 0) is 47.4 Å². The number of halogens is 2. The van der Waals surface area contributed by atoms with Crippen LogP contribution in [0.3, 0.4) is 0 Å². The van der Waals surface area contributed by atoms with Gasteiger partial charge in [-0.25, -0.2) is 8.78 Å². The number of hydrogen-bond donors (Lipinski definition) is 3. The summed E-state index contributed by atoms with van der Waals surface area (Å²) < 4.78 is 35.0. The number of hydrogen-bond acceptors (Lipinski definition) is 7. The van der Waals surface area contributed by atoms with Crippen LogP contribution >= 0.6 is 0 Å². The van der Waals surface area contributed by atoms with Gasteiger partial charge in [0.15, 0.2) is 11.6 Å². The minimum atomic E-state index is -0.927. The van der Waals surface area contributed by atoms with E-state index in [0.717, 1.165) is 5.56 Å². The lowest BCUT2D eigenvalue weighted by Gasteiger charge is -2.27. The normalized spacial score (nSPS) is 13.6. The van der Waals surface area contributed by atoms with E-state index < -0.39 is 23.1 Å². The third-order valence-corrected chi connectivity index (χ3v) is 6.78. The van der Waals surface area contributed by atoms with Gasteiger partial charge in [0, 0.05) is 42.0 Å². The van der Waals surface area contributed by atoms with E-state index in [9.17, 15) is 18.4 Å². The van der Waals surface area contributed by atoms with Crippen molar-refractivity contribution in [2.45, 2.75) is 26.2 Å². The standard InChI is InChI=1S/C30H30F2N6O3/c1-30(2,3)20-6-4-18(5-7-20)28(39)35-24-15-21(22(31)16-23(24)32)19-14-25(29(40)33-17-19)34-26-8-9-27(37-36-26)38-10-12-41-13-11-38/h4-9,14-17H,10-13H2,1-3H3,(H,33,40)(H,34,36)(H,35,39). The lowest BCUT2D eigenvalue weighted by Crippen LogP contribution is -2.36. The molecule has 5 rings (SSSR count). The van der Waals surface area contributed by atoms with Crippen molar-refractivity contribution in [1.82, 2.24) is 15.2 Å². The first-order valence-electron chi connectivity index (χ1n) is 13.2. The fourth-order valence-corrected chi connectivity index (χ4v) is 4.41. The highest BCUT2D eigenvalue weighted by atomic mass is 19.1. The summed E-state index contributed by atoms with van der Waals surface area (Å²) in [5.41, 5.74) is 0.954. The van der Waals surface area contributed by atoms with E-state index in [1.807, 2.05) is 17.0 Å². The van der Waals surface area contributed by atoms with Crippen LogP contribution in [0.4, 0.5) is 31.8 Å². The molecule has 1 amide bonds. The Morgan fingerprint density at radius 1 is 0.951 bits per heavy atom. The molecule has 0 saturated carbocycles. The monoisotopic (exact) mass is 560 g/mol. The summed E-state index contributed by atoms with van der Waals surface area (Å²) in [5, 5.41) is 13.8. The maximum absolute atomic E-state index is 14.9.